The number of piperidine rings is 1. The summed E-state index contributed by atoms with van der Waals surface area (Å²) in [5, 5.41) is 0.898. The number of halogens is 1. The van der Waals surface area contributed by atoms with Gasteiger partial charge in [-0.2, -0.15) is 0 Å². The molecule has 1 aromatic carbocycles. The maximum atomic E-state index is 13.9. The highest BCUT2D eigenvalue weighted by Crippen LogP contribution is 2.23. The van der Waals surface area contributed by atoms with Crippen molar-refractivity contribution in [3.63, 3.8) is 0 Å². The summed E-state index contributed by atoms with van der Waals surface area (Å²) in [7, 11) is 0. The second-order valence-corrected chi connectivity index (χ2v) is 7.65. The Hall–Kier alpha value is -2.53. The van der Waals surface area contributed by atoms with Gasteiger partial charge >= 0.3 is 0 Å². The third-order valence-electron chi connectivity index (χ3n) is 5.82. The summed E-state index contributed by atoms with van der Waals surface area (Å²) in [6, 6.07) is 10.9. The van der Waals surface area contributed by atoms with Gasteiger partial charge in [0, 0.05) is 30.5 Å². The zero-order valence-corrected chi connectivity index (χ0v) is 16.3. The third-order valence-corrected chi connectivity index (χ3v) is 5.82. The molecule has 0 amide bonds. The molecule has 1 saturated heterocycles. The first-order valence-corrected chi connectivity index (χ1v) is 10.1. The zero-order chi connectivity index (χ0) is 19.5. The number of fused-ring (bicyclic) bond motifs is 1. The first kappa shape index (κ1) is 18.8. The van der Waals surface area contributed by atoms with Crippen molar-refractivity contribution in [2.75, 3.05) is 6.54 Å². The summed E-state index contributed by atoms with van der Waals surface area (Å²) in [5.41, 5.74) is 2.37. The quantitative estimate of drug-likeness (QED) is 0.662. The summed E-state index contributed by atoms with van der Waals surface area (Å²) in [5.74, 6) is -0.329. The molecule has 28 heavy (non-hydrogen) atoms. The van der Waals surface area contributed by atoms with Crippen LogP contribution in [-0.4, -0.2) is 27.0 Å². The molecule has 1 atom stereocenters. The molecular formula is C23H26FN3O. The van der Waals surface area contributed by atoms with Crippen LogP contribution in [0.1, 0.15) is 43.7 Å². The normalized spacial score (nSPS) is 17.9. The lowest BCUT2D eigenvalue weighted by molar-refractivity contribution is 0.135. The summed E-state index contributed by atoms with van der Waals surface area (Å²) >= 11 is 0. The monoisotopic (exact) mass is 379 g/mol. The van der Waals surface area contributed by atoms with Gasteiger partial charge in [0.05, 0.1) is 12.1 Å². The van der Waals surface area contributed by atoms with Gasteiger partial charge in [-0.05, 0) is 73.2 Å². The smallest absolute Gasteiger partial charge is 0.255 e. The number of hydrogen-bond donors (Lipinski definition) is 0. The van der Waals surface area contributed by atoms with Crippen LogP contribution in [0.3, 0.4) is 0 Å². The third kappa shape index (κ3) is 3.85. The van der Waals surface area contributed by atoms with Gasteiger partial charge in [-0.15, -0.1) is 0 Å². The van der Waals surface area contributed by atoms with Crippen molar-refractivity contribution >= 4 is 10.9 Å². The van der Waals surface area contributed by atoms with E-state index < -0.39 is 0 Å². The van der Waals surface area contributed by atoms with Gasteiger partial charge in [0.2, 0.25) is 0 Å². The molecule has 1 aliphatic rings. The second kappa shape index (κ2) is 8.23. The molecular weight excluding hydrogens is 353 g/mol. The molecule has 0 spiro atoms. The number of likely N-dealkylation sites (tertiary alicyclic amines) is 1. The number of nitrogens with zero attached hydrogens (tertiary/aromatic N) is 3. The van der Waals surface area contributed by atoms with Crippen molar-refractivity contribution in [3.8, 4) is 0 Å². The SMILES string of the molecule is CCC1CCCCN1Cc1cc2ccc(F)cc2n(Cc2ccncc2)c1=O. The molecule has 0 N–H and O–H groups in total. The lowest BCUT2D eigenvalue weighted by Crippen LogP contribution is -2.40. The number of rotatable bonds is 5. The van der Waals surface area contributed by atoms with E-state index in [0.29, 0.717) is 24.6 Å². The molecule has 5 heteroatoms. The maximum absolute atomic E-state index is 13.9. The summed E-state index contributed by atoms with van der Waals surface area (Å²) in [4.78, 5) is 19.8. The molecule has 3 aromatic rings. The minimum absolute atomic E-state index is 0.0321. The fourth-order valence-electron chi connectivity index (χ4n) is 4.30. The van der Waals surface area contributed by atoms with Gasteiger partial charge in [0.1, 0.15) is 5.82 Å². The molecule has 0 saturated carbocycles. The largest absolute Gasteiger partial charge is 0.303 e. The van der Waals surface area contributed by atoms with Crippen molar-refractivity contribution < 1.29 is 4.39 Å². The zero-order valence-electron chi connectivity index (χ0n) is 16.3. The predicted molar refractivity (Wildman–Crippen MR) is 110 cm³/mol. The van der Waals surface area contributed by atoms with E-state index in [0.717, 1.165) is 29.5 Å². The lowest BCUT2D eigenvalue weighted by Gasteiger charge is -2.35. The van der Waals surface area contributed by atoms with Crippen LogP contribution in [0.15, 0.2) is 53.6 Å². The van der Waals surface area contributed by atoms with Gasteiger partial charge in [-0.1, -0.05) is 13.3 Å². The summed E-state index contributed by atoms with van der Waals surface area (Å²) in [6.45, 7) is 4.31. The Morgan fingerprint density at radius 1 is 1.11 bits per heavy atom. The topological polar surface area (TPSA) is 38.1 Å². The number of benzene rings is 1. The van der Waals surface area contributed by atoms with Crippen molar-refractivity contribution in [1.82, 2.24) is 14.5 Å². The Balaban J connectivity index is 1.78. The fourth-order valence-corrected chi connectivity index (χ4v) is 4.30. The van der Waals surface area contributed by atoms with E-state index in [9.17, 15) is 9.18 Å². The van der Waals surface area contributed by atoms with Crippen LogP contribution < -0.4 is 5.56 Å². The number of hydrogen-bond acceptors (Lipinski definition) is 3. The number of pyridine rings is 2. The molecule has 4 rings (SSSR count). The van der Waals surface area contributed by atoms with Gasteiger partial charge < -0.3 is 4.57 Å². The van der Waals surface area contributed by atoms with E-state index in [1.807, 2.05) is 18.2 Å². The predicted octanol–water partition coefficient (Wildman–Crippen LogP) is 4.35. The molecule has 1 aliphatic heterocycles. The van der Waals surface area contributed by atoms with E-state index in [1.165, 1.54) is 31.4 Å². The summed E-state index contributed by atoms with van der Waals surface area (Å²) in [6.07, 6.45) is 8.17. The van der Waals surface area contributed by atoms with Gasteiger partial charge in [-0.25, -0.2) is 4.39 Å². The van der Waals surface area contributed by atoms with E-state index in [-0.39, 0.29) is 11.4 Å². The van der Waals surface area contributed by atoms with E-state index >= 15 is 0 Å². The molecule has 0 bridgehead atoms. The second-order valence-electron chi connectivity index (χ2n) is 7.65. The Labute approximate surface area is 164 Å². The van der Waals surface area contributed by atoms with Crippen LogP contribution in [0.5, 0.6) is 0 Å². The molecule has 3 heterocycles. The van der Waals surface area contributed by atoms with Gasteiger partial charge in [0.15, 0.2) is 0 Å². The Morgan fingerprint density at radius 3 is 2.71 bits per heavy atom. The van der Waals surface area contributed by atoms with Crippen molar-refractivity contribution in [2.45, 2.75) is 51.7 Å². The maximum Gasteiger partial charge on any atom is 0.255 e. The van der Waals surface area contributed by atoms with Crippen LogP contribution >= 0.6 is 0 Å². The highest BCUT2D eigenvalue weighted by Gasteiger charge is 2.22. The van der Waals surface area contributed by atoms with Crippen LogP contribution in [0.25, 0.3) is 10.9 Å². The Kier molecular flexibility index (Phi) is 5.53. The van der Waals surface area contributed by atoms with E-state index in [4.69, 9.17) is 0 Å². The first-order valence-electron chi connectivity index (χ1n) is 10.1. The van der Waals surface area contributed by atoms with Crippen molar-refractivity contribution in [3.05, 3.63) is 76.1 Å². The molecule has 1 fully saturated rings. The van der Waals surface area contributed by atoms with Crippen LogP contribution in [0, 0.1) is 5.82 Å². The van der Waals surface area contributed by atoms with Crippen molar-refractivity contribution in [1.29, 1.82) is 0 Å². The Bertz CT molecular complexity index is 1020. The molecule has 0 radical (unpaired) electrons. The van der Waals surface area contributed by atoms with Gasteiger partial charge in [-0.3, -0.25) is 14.7 Å². The average molecular weight is 379 g/mol. The number of aromatic nitrogens is 2. The van der Waals surface area contributed by atoms with Crippen LogP contribution in [-0.2, 0) is 13.1 Å². The fraction of sp³-hybridized carbons (Fsp3) is 0.391. The molecule has 1 unspecified atom stereocenters. The molecule has 146 valence electrons. The minimum Gasteiger partial charge on any atom is -0.303 e. The molecule has 4 nitrogen and oxygen atoms in total. The lowest BCUT2D eigenvalue weighted by atomic mass is 9.99. The standard InChI is InChI=1S/C23H26FN3O/c1-2-21-5-3-4-12-26(21)16-19-13-18-6-7-20(24)14-22(18)27(23(19)28)15-17-8-10-25-11-9-17/h6-11,13-14,21H,2-5,12,15-16H2,1H3. The summed E-state index contributed by atoms with van der Waals surface area (Å²) < 4.78 is 15.6. The Morgan fingerprint density at radius 2 is 1.93 bits per heavy atom. The van der Waals surface area contributed by atoms with E-state index in [1.54, 1.807) is 23.0 Å². The average Bonchev–Trinajstić information content (AvgIpc) is 2.72. The van der Waals surface area contributed by atoms with Crippen LogP contribution in [0.2, 0.25) is 0 Å². The highest BCUT2D eigenvalue weighted by atomic mass is 19.1. The van der Waals surface area contributed by atoms with Crippen molar-refractivity contribution in [2.24, 2.45) is 0 Å². The highest BCUT2D eigenvalue weighted by molar-refractivity contribution is 5.79. The van der Waals surface area contributed by atoms with E-state index in [2.05, 4.69) is 16.8 Å². The van der Waals surface area contributed by atoms with Gasteiger partial charge in [0.25, 0.3) is 5.56 Å². The minimum atomic E-state index is -0.329. The molecule has 2 aromatic heterocycles. The first-order chi connectivity index (χ1) is 13.7. The van der Waals surface area contributed by atoms with Crippen LogP contribution in [0.4, 0.5) is 4.39 Å². The molecule has 0 aliphatic carbocycles.